The fourth-order valence-corrected chi connectivity index (χ4v) is 1.15. The van der Waals surface area contributed by atoms with Gasteiger partial charge in [-0.25, -0.2) is 0 Å². The van der Waals surface area contributed by atoms with Crippen LogP contribution in [0.1, 0.15) is 26.7 Å². The molecule has 0 saturated carbocycles. The van der Waals surface area contributed by atoms with E-state index in [1.165, 1.54) is 0 Å². The average molecular weight is 156 g/mol. The Morgan fingerprint density at radius 2 is 2.00 bits per heavy atom. The van der Waals surface area contributed by atoms with Crippen molar-refractivity contribution in [3.63, 3.8) is 0 Å². The zero-order valence-corrected chi connectivity index (χ0v) is 7.16. The van der Waals surface area contributed by atoms with Crippen molar-refractivity contribution in [3.05, 3.63) is 0 Å². The lowest BCUT2D eigenvalue weighted by atomic mass is 9.84. The Kier molecular flexibility index (Phi) is 3.31. The summed E-state index contributed by atoms with van der Waals surface area (Å²) in [6, 6.07) is 2.15. The van der Waals surface area contributed by atoms with E-state index in [-0.39, 0.29) is 0 Å². The molecule has 0 unspecified atom stereocenters. The van der Waals surface area contributed by atoms with Crippen molar-refractivity contribution < 1.29 is 0 Å². The molecule has 2 nitrogen and oxygen atoms in total. The van der Waals surface area contributed by atoms with E-state index in [1.807, 2.05) is 13.8 Å². The SMILES string of the molecule is CCC(C#N)(CC)C(N)=S. The van der Waals surface area contributed by atoms with Crippen LogP contribution in [0.15, 0.2) is 0 Å². The van der Waals surface area contributed by atoms with Crippen LogP contribution in [-0.2, 0) is 0 Å². The van der Waals surface area contributed by atoms with Crippen LogP contribution in [0.25, 0.3) is 0 Å². The summed E-state index contributed by atoms with van der Waals surface area (Å²) < 4.78 is 0. The third kappa shape index (κ3) is 1.45. The minimum Gasteiger partial charge on any atom is -0.392 e. The molecular formula is C7H12N2S. The molecular weight excluding hydrogens is 144 g/mol. The van der Waals surface area contributed by atoms with E-state index in [0.29, 0.717) is 17.8 Å². The smallest absolute Gasteiger partial charge is 0.106 e. The number of nitriles is 1. The maximum atomic E-state index is 8.73. The van der Waals surface area contributed by atoms with Crippen LogP contribution in [0.2, 0.25) is 0 Å². The van der Waals surface area contributed by atoms with Crippen molar-refractivity contribution in [2.75, 3.05) is 0 Å². The maximum absolute atomic E-state index is 8.73. The van der Waals surface area contributed by atoms with Crippen LogP contribution in [0.4, 0.5) is 0 Å². The Bertz CT molecular complexity index is 165. The number of nitrogens with zero attached hydrogens (tertiary/aromatic N) is 1. The molecule has 3 heteroatoms. The molecule has 0 atom stereocenters. The first-order valence-electron chi connectivity index (χ1n) is 3.34. The number of nitrogens with two attached hydrogens (primary N) is 1. The molecule has 0 amide bonds. The molecule has 2 N–H and O–H groups in total. The van der Waals surface area contributed by atoms with Gasteiger partial charge in [-0.1, -0.05) is 26.1 Å². The van der Waals surface area contributed by atoms with Crippen molar-refractivity contribution in [1.82, 2.24) is 0 Å². The summed E-state index contributed by atoms with van der Waals surface area (Å²) in [6.07, 6.45) is 1.41. The van der Waals surface area contributed by atoms with Gasteiger partial charge in [-0.2, -0.15) is 5.26 Å². The minimum absolute atomic E-state index is 0.319. The molecule has 0 fully saturated rings. The van der Waals surface area contributed by atoms with Gasteiger partial charge in [0.25, 0.3) is 0 Å². The van der Waals surface area contributed by atoms with Crippen molar-refractivity contribution in [2.24, 2.45) is 11.1 Å². The van der Waals surface area contributed by atoms with Crippen molar-refractivity contribution >= 4 is 17.2 Å². The molecule has 0 aliphatic carbocycles. The number of hydrogen-bond donors (Lipinski definition) is 1. The van der Waals surface area contributed by atoms with Gasteiger partial charge in [-0.15, -0.1) is 0 Å². The van der Waals surface area contributed by atoms with Crippen LogP contribution in [-0.4, -0.2) is 4.99 Å². The van der Waals surface area contributed by atoms with E-state index < -0.39 is 5.41 Å². The highest BCUT2D eigenvalue weighted by Gasteiger charge is 2.28. The molecule has 0 aromatic carbocycles. The van der Waals surface area contributed by atoms with Gasteiger partial charge < -0.3 is 5.73 Å². The second kappa shape index (κ2) is 3.52. The van der Waals surface area contributed by atoms with E-state index in [1.54, 1.807) is 0 Å². The lowest BCUT2D eigenvalue weighted by Gasteiger charge is -2.20. The zero-order valence-electron chi connectivity index (χ0n) is 6.35. The van der Waals surface area contributed by atoms with Gasteiger partial charge in [-0.3, -0.25) is 0 Å². The molecule has 0 aromatic rings. The first-order valence-corrected chi connectivity index (χ1v) is 3.75. The molecule has 0 heterocycles. The molecule has 0 rings (SSSR count). The van der Waals surface area contributed by atoms with E-state index in [0.717, 1.165) is 0 Å². The van der Waals surface area contributed by atoms with Crippen molar-refractivity contribution in [2.45, 2.75) is 26.7 Å². The minimum atomic E-state index is -0.560. The summed E-state index contributed by atoms with van der Waals surface area (Å²) in [4.78, 5) is 0.319. The Hall–Kier alpha value is -0.620. The molecule has 0 saturated heterocycles. The van der Waals surface area contributed by atoms with Crippen LogP contribution in [0, 0.1) is 16.7 Å². The number of hydrogen-bond acceptors (Lipinski definition) is 2. The second-order valence-corrected chi connectivity index (χ2v) is 2.71. The topological polar surface area (TPSA) is 49.8 Å². The molecule has 0 radical (unpaired) electrons. The molecule has 10 heavy (non-hydrogen) atoms. The van der Waals surface area contributed by atoms with Crippen LogP contribution < -0.4 is 5.73 Å². The highest BCUT2D eigenvalue weighted by molar-refractivity contribution is 7.80. The highest BCUT2D eigenvalue weighted by atomic mass is 32.1. The predicted molar refractivity (Wildman–Crippen MR) is 45.4 cm³/mol. The van der Waals surface area contributed by atoms with Crippen LogP contribution >= 0.6 is 12.2 Å². The molecule has 0 aliphatic heterocycles. The number of thiocarbonyl (C=S) groups is 1. The Balaban J connectivity index is 4.52. The van der Waals surface area contributed by atoms with E-state index in [2.05, 4.69) is 6.07 Å². The van der Waals surface area contributed by atoms with Gasteiger partial charge >= 0.3 is 0 Å². The monoisotopic (exact) mass is 156 g/mol. The highest BCUT2D eigenvalue weighted by Crippen LogP contribution is 2.24. The summed E-state index contributed by atoms with van der Waals surface area (Å²) in [7, 11) is 0. The van der Waals surface area contributed by atoms with Gasteiger partial charge in [0.15, 0.2) is 0 Å². The lowest BCUT2D eigenvalue weighted by Crippen LogP contribution is -2.32. The summed E-state index contributed by atoms with van der Waals surface area (Å²) in [5.41, 5.74) is 4.85. The lowest BCUT2D eigenvalue weighted by molar-refractivity contribution is 0.511. The maximum Gasteiger partial charge on any atom is 0.106 e. The molecule has 0 spiro atoms. The van der Waals surface area contributed by atoms with Crippen LogP contribution in [0.5, 0.6) is 0 Å². The molecule has 56 valence electrons. The zero-order chi connectivity index (χ0) is 8.20. The molecule has 0 bridgehead atoms. The Morgan fingerprint density at radius 1 is 1.60 bits per heavy atom. The third-order valence-corrected chi connectivity index (χ3v) is 2.28. The largest absolute Gasteiger partial charge is 0.392 e. The Labute approximate surface area is 67.0 Å². The third-order valence-electron chi connectivity index (χ3n) is 1.89. The second-order valence-electron chi connectivity index (χ2n) is 2.27. The summed E-state index contributed by atoms with van der Waals surface area (Å²) in [6.45, 7) is 3.84. The van der Waals surface area contributed by atoms with Crippen LogP contribution in [0.3, 0.4) is 0 Å². The fraction of sp³-hybridized carbons (Fsp3) is 0.714. The first kappa shape index (κ1) is 9.38. The number of rotatable bonds is 3. The Morgan fingerprint density at radius 3 is 2.00 bits per heavy atom. The summed E-state index contributed by atoms with van der Waals surface area (Å²) in [5.74, 6) is 0. The van der Waals surface area contributed by atoms with E-state index in [4.69, 9.17) is 23.2 Å². The summed E-state index contributed by atoms with van der Waals surface area (Å²) >= 11 is 4.78. The quantitative estimate of drug-likeness (QED) is 0.631. The normalized spacial score (nSPS) is 10.5. The van der Waals surface area contributed by atoms with Gasteiger partial charge in [0.1, 0.15) is 5.41 Å². The average Bonchev–Trinajstić information content (AvgIpc) is 1.92. The summed E-state index contributed by atoms with van der Waals surface area (Å²) in [5, 5.41) is 8.73. The fourth-order valence-electron chi connectivity index (χ4n) is 0.812. The van der Waals surface area contributed by atoms with Gasteiger partial charge in [0.2, 0.25) is 0 Å². The standard InChI is InChI=1S/C7H12N2S/c1-3-7(4-2,5-8)6(9)10/h3-4H2,1-2H3,(H2,9,10). The van der Waals surface area contributed by atoms with Gasteiger partial charge in [0.05, 0.1) is 11.1 Å². The van der Waals surface area contributed by atoms with Crippen molar-refractivity contribution in [3.8, 4) is 6.07 Å². The molecule has 0 aliphatic rings. The van der Waals surface area contributed by atoms with Crippen molar-refractivity contribution in [1.29, 1.82) is 5.26 Å². The van der Waals surface area contributed by atoms with E-state index >= 15 is 0 Å². The van der Waals surface area contributed by atoms with Gasteiger partial charge in [-0.05, 0) is 12.8 Å². The van der Waals surface area contributed by atoms with E-state index in [9.17, 15) is 0 Å². The predicted octanol–water partition coefficient (Wildman–Crippen LogP) is 1.60. The van der Waals surface area contributed by atoms with Gasteiger partial charge in [0, 0.05) is 0 Å². The first-order chi connectivity index (χ1) is 4.63. The molecule has 0 aromatic heterocycles.